The number of β-amino-alcohol motifs (C(OH)–C–C–N with tert-alkyl or cyclic N) is 1. The fourth-order valence-corrected chi connectivity index (χ4v) is 1.76. The van der Waals surface area contributed by atoms with Crippen molar-refractivity contribution in [1.82, 2.24) is 10.2 Å². The van der Waals surface area contributed by atoms with E-state index in [1.807, 2.05) is 0 Å². The average Bonchev–Trinajstić information content (AvgIpc) is 2.59. The number of likely N-dealkylation sites (tertiary alicyclic amines) is 1. The van der Waals surface area contributed by atoms with Gasteiger partial charge in [0.2, 0.25) is 5.91 Å². The average molecular weight is 214 g/mol. The zero-order chi connectivity index (χ0) is 11.3. The first-order valence-corrected chi connectivity index (χ1v) is 5.79. The largest absolute Gasteiger partial charge is 0.391 e. The minimum absolute atomic E-state index is 0.178. The molecule has 4 heteroatoms. The van der Waals surface area contributed by atoms with Gasteiger partial charge >= 0.3 is 0 Å². The molecule has 0 aromatic carbocycles. The first-order chi connectivity index (χ1) is 7.09. The molecular weight excluding hydrogens is 192 g/mol. The maximum atomic E-state index is 11.6. The van der Waals surface area contributed by atoms with Crippen LogP contribution >= 0.6 is 0 Å². The maximum absolute atomic E-state index is 11.6. The fraction of sp³-hybridized carbons (Fsp3) is 0.909. The van der Waals surface area contributed by atoms with Crippen molar-refractivity contribution in [3.8, 4) is 0 Å². The normalized spacial score (nSPS) is 21.3. The van der Waals surface area contributed by atoms with Gasteiger partial charge in [0, 0.05) is 25.6 Å². The summed E-state index contributed by atoms with van der Waals surface area (Å²) in [5.41, 5.74) is 0. The van der Waals surface area contributed by atoms with Crippen LogP contribution in [0.4, 0.5) is 0 Å². The van der Waals surface area contributed by atoms with Crippen molar-refractivity contribution < 1.29 is 9.90 Å². The van der Waals surface area contributed by atoms with Crippen LogP contribution in [0.15, 0.2) is 0 Å². The molecule has 1 saturated heterocycles. The SMILES string of the molecule is CC(C)NCCCC(=O)N1CC[C@H](O)C1. The molecular formula is C11H22N2O2. The molecule has 0 aromatic rings. The van der Waals surface area contributed by atoms with Crippen LogP contribution in [0, 0.1) is 0 Å². The van der Waals surface area contributed by atoms with E-state index in [4.69, 9.17) is 0 Å². The van der Waals surface area contributed by atoms with Gasteiger partial charge in [-0.2, -0.15) is 0 Å². The Kier molecular flexibility index (Phi) is 5.05. The van der Waals surface area contributed by atoms with E-state index in [0.717, 1.165) is 25.9 Å². The third-order valence-electron chi connectivity index (χ3n) is 2.64. The Labute approximate surface area is 91.6 Å². The Balaban J connectivity index is 2.08. The highest BCUT2D eigenvalue weighted by atomic mass is 16.3. The maximum Gasteiger partial charge on any atom is 0.222 e. The minimum atomic E-state index is -0.303. The highest BCUT2D eigenvalue weighted by Gasteiger charge is 2.23. The predicted molar refractivity (Wildman–Crippen MR) is 59.6 cm³/mol. The number of aliphatic hydroxyl groups is 1. The smallest absolute Gasteiger partial charge is 0.222 e. The Bertz CT molecular complexity index is 207. The number of carbonyl (C=O) groups is 1. The van der Waals surface area contributed by atoms with E-state index in [-0.39, 0.29) is 12.0 Å². The zero-order valence-corrected chi connectivity index (χ0v) is 9.70. The van der Waals surface area contributed by atoms with Crippen molar-refractivity contribution in [2.75, 3.05) is 19.6 Å². The van der Waals surface area contributed by atoms with Crippen LogP contribution < -0.4 is 5.32 Å². The summed E-state index contributed by atoms with van der Waals surface area (Å²) in [6.07, 6.45) is 1.90. The van der Waals surface area contributed by atoms with Crippen molar-refractivity contribution in [3.05, 3.63) is 0 Å². The Morgan fingerprint density at radius 2 is 2.33 bits per heavy atom. The monoisotopic (exact) mass is 214 g/mol. The number of hydrogen-bond donors (Lipinski definition) is 2. The van der Waals surface area contributed by atoms with Crippen molar-refractivity contribution in [2.24, 2.45) is 0 Å². The number of aliphatic hydroxyl groups excluding tert-OH is 1. The van der Waals surface area contributed by atoms with E-state index >= 15 is 0 Å². The van der Waals surface area contributed by atoms with E-state index in [1.165, 1.54) is 0 Å². The molecule has 1 amide bonds. The van der Waals surface area contributed by atoms with Gasteiger partial charge < -0.3 is 15.3 Å². The lowest BCUT2D eigenvalue weighted by Crippen LogP contribution is -2.30. The molecule has 0 radical (unpaired) electrons. The van der Waals surface area contributed by atoms with Gasteiger partial charge in [-0.3, -0.25) is 4.79 Å². The summed E-state index contributed by atoms with van der Waals surface area (Å²) in [7, 11) is 0. The van der Waals surface area contributed by atoms with Crippen LogP contribution in [-0.2, 0) is 4.79 Å². The van der Waals surface area contributed by atoms with Gasteiger partial charge in [-0.25, -0.2) is 0 Å². The summed E-state index contributed by atoms with van der Waals surface area (Å²) in [4.78, 5) is 13.4. The van der Waals surface area contributed by atoms with Crippen LogP contribution in [0.2, 0.25) is 0 Å². The lowest BCUT2D eigenvalue weighted by molar-refractivity contribution is -0.130. The lowest BCUT2D eigenvalue weighted by Gasteiger charge is -2.15. The topological polar surface area (TPSA) is 52.6 Å². The first-order valence-electron chi connectivity index (χ1n) is 5.79. The van der Waals surface area contributed by atoms with Gasteiger partial charge in [0.25, 0.3) is 0 Å². The highest BCUT2D eigenvalue weighted by Crippen LogP contribution is 2.10. The van der Waals surface area contributed by atoms with Crippen LogP contribution in [0.3, 0.4) is 0 Å². The first kappa shape index (κ1) is 12.5. The number of hydrogen-bond acceptors (Lipinski definition) is 3. The van der Waals surface area contributed by atoms with E-state index in [9.17, 15) is 9.90 Å². The van der Waals surface area contributed by atoms with Crippen molar-refractivity contribution >= 4 is 5.91 Å². The second-order valence-corrected chi connectivity index (χ2v) is 4.49. The molecule has 15 heavy (non-hydrogen) atoms. The standard InChI is InChI=1S/C11H22N2O2/c1-9(2)12-6-3-4-11(15)13-7-5-10(14)8-13/h9-10,12,14H,3-8H2,1-2H3/t10-/m0/s1. The quantitative estimate of drug-likeness (QED) is 0.650. The van der Waals surface area contributed by atoms with Gasteiger partial charge in [-0.05, 0) is 19.4 Å². The molecule has 0 saturated carbocycles. The molecule has 2 N–H and O–H groups in total. The third kappa shape index (κ3) is 4.62. The summed E-state index contributed by atoms with van der Waals surface area (Å²) in [6, 6.07) is 0.480. The second kappa shape index (κ2) is 6.08. The zero-order valence-electron chi connectivity index (χ0n) is 9.70. The summed E-state index contributed by atoms with van der Waals surface area (Å²) in [5.74, 6) is 0.178. The van der Waals surface area contributed by atoms with Crippen molar-refractivity contribution in [2.45, 2.75) is 45.3 Å². The summed E-state index contributed by atoms with van der Waals surface area (Å²) in [5, 5.41) is 12.6. The Morgan fingerprint density at radius 3 is 2.87 bits per heavy atom. The van der Waals surface area contributed by atoms with E-state index in [2.05, 4.69) is 19.2 Å². The van der Waals surface area contributed by atoms with Gasteiger partial charge in [0.1, 0.15) is 0 Å². The molecule has 0 aromatic heterocycles. The van der Waals surface area contributed by atoms with Gasteiger partial charge in [-0.1, -0.05) is 13.8 Å². The number of nitrogens with one attached hydrogen (secondary N) is 1. The molecule has 1 heterocycles. The van der Waals surface area contributed by atoms with E-state index < -0.39 is 0 Å². The van der Waals surface area contributed by atoms with E-state index in [1.54, 1.807) is 4.90 Å². The molecule has 1 rings (SSSR count). The van der Waals surface area contributed by atoms with Gasteiger partial charge in [0.15, 0.2) is 0 Å². The number of rotatable bonds is 5. The van der Waals surface area contributed by atoms with Crippen LogP contribution in [0.25, 0.3) is 0 Å². The van der Waals surface area contributed by atoms with Gasteiger partial charge in [-0.15, -0.1) is 0 Å². The second-order valence-electron chi connectivity index (χ2n) is 4.49. The molecule has 0 unspecified atom stereocenters. The summed E-state index contributed by atoms with van der Waals surface area (Å²) < 4.78 is 0. The van der Waals surface area contributed by atoms with Gasteiger partial charge in [0.05, 0.1) is 6.10 Å². The molecule has 0 bridgehead atoms. The highest BCUT2D eigenvalue weighted by molar-refractivity contribution is 5.76. The summed E-state index contributed by atoms with van der Waals surface area (Å²) >= 11 is 0. The summed E-state index contributed by atoms with van der Waals surface area (Å²) in [6.45, 7) is 6.32. The number of carbonyl (C=O) groups excluding carboxylic acids is 1. The third-order valence-corrected chi connectivity index (χ3v) is 2.64. The van der Waals surface area contributed by atoms with Crippen molar-refractivity contribution in [1.29, 1.82) is 0 Å². The molecule has 0 spiro atoms. The van der Waals surface area contributed by atoms with Crippen LogP contribution in [-0.4, -0.2) is 47.7 Å². The van der Waals surface area contributed by atoms with Crippen LogP contribution in [0.5, 0.6) is 0 Å². The molecule has 1 aliphatic heterocycles. The molecule has 88 valence electrons. The fourth-order valence-electron chi connectivity index (χ4n) is 1.76. The molecule has 1 fully saturated rings. The van der Waals surface area contributed by atoms with Crippen LogP contribution in [0.1, 0.15) is 33.1 Å². The molecule has 0 aliphatic carbocycles. The molecule has 1 aliphatic rings. The number of nitrogens with zero attached hydrogens (tertiary/aromatic N) is 1. The van der Waals surface area contributed by atoms with E-state index in [0.29, 0.717) is 19.0 Å². The minimum Gasteiger partial charge on any atom is -0.391 e. The molecule has 1 atom stereocenters. The number of amides is 1. The van der Waals surface area contributed by atoms with Crippen molar-refractivity contribution in [3.63, 3.8) is 0 Å². The lowest BCUT2D eigenvalue weighted by atomic mass is 10.2. The predicted octanol–water partition coefficient (Wildman–Crippen LogP) is 0.358. The Hall–Kier alpha value is -0.610. The Morgan fingerprint density at radius 1 is 1.60 bits per heavy atom. The molecule has 4 nitrogen and oxygen atoms in total.